The van der Waals surface area contributed by atoms with E-state index >= 15 is 0 Å². The average molecular weight is 200 g/mol. The Bertz CT molecular complexity index is 360. The maximum absolute atomic E-state index is 13.1. The lowest BCUT2D eigenvalue weighted by Crippen LogP contribution is -2.28. The quantitative estimate of drug-likeness (QED) is 0.475. The number of hydrogen-bond acceptors (Lipinski definition) is 4. The van der Waals surface area contributed by atoms with E-state index in [-0.39, 0.29) is 11.5 Å². The molecule has 6 heteroatoms. The molecule has 6 N–H and O–H groups in total. The smallest absolute Gasteiger partial charge is 0.151 e. The molecule has 0 aliphatic carbocycles. The van der Waals surface area contributed by atoms with Gasteiger partial charge in [0.15, 0.2) is 5.82 Å². The maximum Gasteiger partial charge on any atom is 0.151 e. The summed E-state index contributed by atoms with van der Waals surface area (Å²) in [5.41, 5.74) is 10.2. The number of nitrogens with zero attached hydrogens (tertiary/aromatic N) is 1. The summed E-state index contributed by atoms with van der Waals surface area (Å²) in [5, 5.41) is 0.879. The third-order valence-corrected chi connectivity index (χ3v) is 1.48. The fourth-order valence-corrected chi connectivity index (χ4v) is 0.921. The van der Waals surface area contributed by atoms with Crippen molar-refractivity contribution in [3.05, 3.63) is 41.9 Å². The van der Waals surface area contributed by atoms with E-state index in [1.807, 2.05) is 0 Å². The monoisotopic (exact) mass is 200 g/mol. The molecule has 4 nitrogen and oxygen atoms in total. The largest absolute Gasteiger partial charge is 0.384 e. The SMILES string of the molecule is NC(N)=CN(N)c1ccc(F)cc1F. The standard InChI is InChI=1S/C8H10F2N4/c9-5-1-2-7(6(10)3-5)14(13)4-8(11)12/h1-4H,11-13H2. The van der Waals surface area contributed by atoms with E-state index in [2.05, 4.69) is 0 Å². The number of hydrogen-bond donors (Lipinski definition) is 3. The third kappa shape index (κ3) is 2.33. The fraction of sp³-hybridized carbons (Fsp3) is 0. The summed E-state index contributed by atoms with van der Waals surface area (Å²) in [4.78, 5) is 0. The van der Waals surface area contributed by atoms with Gasteiger partial charge in [-0.05, 0) is 12.1 Å². The maximum atomic E-state index is 13.1. The van der Waals surface area contributed by atoms with Gasteiger partial charge in [0.1, 0.15) is 11.6 Å². The lowest BCUT2D eigenvalue weighted by Gasteiger charge is -2.14. The zero-order valence-corrected chi connectivity index (χ0v) is 7.24. The highest BCUT2D eigenvalue weighted by Crippen LogP contribution is 2.17. The van der Waals surface area contributed by atoms with Crippen LogP contribution >= 0.6 is 0 Å². The van der Waals surface area contributed by atoms with Gasteiger partial charge in [0, 0.05) is 6.07 Å². The molecule has 0 saturated carbocycles. The molecule has 1 aromatic rings. The van der Waals surface area contributed by atoms with Crippen molar-refractivity contribution >= 4 is 5.69 Å². The molecule has 0 aliphatic rings. The molecule has 0 saturated heterocycles. The van der Waals surface area contributed by atoms with E-state index in [0.717, 1.165) is 23.3 Å². The van der Waals surface area contributed by atoms with E-state index in [9.17, 15) is 8.78 Å². The van der Waals surface area contributed by atoms with Gasteiger partial charge >= 0.3 is 0 Å². The second kappa shape index (κ2) is 3.93. The van der Waals surface area contributed by atoms with Gasteiger partial charge in [-0.2, -0.15) is 0 Å². The van der Waals surface area contributed by atoms with Crippen LogP contribution in [-0.4, -0.2) is 0 Å². The number of nitrogens with two attached hydrogens (primary N) is 3. The lowest BCUT2D eigenvalue weighted by atomic mass is 10.3. The van der Waals surface area contributed by atoms with E-state index in [1.54, 1.807) is 0 Å². The Balaban J connectivity index is 3.02. The summed E-state index contributed by atoms with van der Waals surface area (Å²) < 4.78 is 25.6. The zero-order chi connectivity index (χ0) is 10.7. The van der Waals surface area contributed by atoms with Crippen molar-refractivity contribution in [2.24, 2.45) is 17.3 Å². The van der Waals surface area contributed by atoms with Gasteiger partial charge in [0.25, 0.3) is 0 Å². The summed E-state index contributed by atoms with van der Waals surface area (Å²) in [6.07, 6.45) is 1.12. The molecule has 0 aliphatic heterocycles. The molecule has 0 amide bonds. The highest BCUT2D eigenvalue weighted by Gasteiger charge is 2.07. The predicted molar refractivity (Wildman–Crippen MR) is 49.5 cm³/mol. The number of anilines is 1. The average Bonchev–Trinajstić information content (AvgIpc) is 2.01. The van der Waals surface area contributed by atoms with Crippen LogP contribution in [0.5, 0.6) is 0 Å². The first-order valence-electron chi connectivity index (χ1n) is 3.72. The number of halogens is 2. The van der Waals surface area contributed by atoms with Gasteiger partial charge in [0.2, 0.25) is 0 Å². The minimum absolute atomic E-state index is 0.0141. The molecule has 1 aromatic carbocycles. The molecule has 0 unspecified atom stereocenters. The Hall–Kier alpha value is -1.82. The van der Waals surface area contributed by atoms with Crippen LogP contribution in [-0.2, 0) is 0 Å². The summed E-state index contributed by atoms with van der Waals surface area (Å²) in [6, 6.07) is 2.98. The van der Waals surface area contributed by atoms with Crippen LogP contribution in [0.25, 0.3) is 0 Å². The van der Waals surface area contributed by atoms with Crippen LogP contribution in [0, 0.1) is 11.6 Å². The minimum atomic E-state index is -0.787. The van der Waals surface area contributed by atoms with Gasteiger partial charge in [0.05, 0.1) is 11.9 Å². The summed E-state index contributed by atoms with van der Waals surface area (Å²) in [7, 11) is 0. The Labute approximate surface area is 79.6 Å². The molecule has 0 aromatic heterocycles. The van der Waals surface area contributed by atoms with E-state index in [4.69, 9.17) is 17.3 Å². The van der Waals surface area contributed by atoms with E-state index < -0.39 is 11.6 Å². The van der Waals surface area contributed by atoms with Gasteiger partial charge in [-0.3, -0.25) is 5.01 Å². The van der Waals surface area contributed by atoms with Gasteiger partial charge in [-0.25, -0.2) is 14.6 Å². The van der Waals surface area contributed by atoms with Crippen LogP contribution in [0.3, 0.4) is 0 Å². The van der Waals surface area contributed by atoms with Crippen LogP contribution in [0.1, 0.15) is 0 Å². The molecule has 76 valence electrons. The van der Waals surface area contributed by atoms with E-state index in [0.29, 0.717) is 0 Å². The van der Waals surface area contributed by atoms with Crippen molar-refractivity contribution < 1.29 is 8.78 Å². The topological polar surface area (TPSA) is 81.3 Å². The first-order valence-corrected chi connectivity index (χ1v) is 3.72. The first kappa shape index (κ1) is 10.3. The molecule has 1 rings (SSSR count). The molecule has 0 fully saturated rings. The fourth-order valence-electron chi connectivity index (χ4n) is 0.921. The van der Waals surface area contributed by atoms with Crippen molar-refractivity contribution in [3.63, 3.8) is 0 Å². The molecular formula is C8H10F2N4. The van der Waals surface area contributed by atoms with Crippen LogP contribution in [0.4, 0.5) is 14.5 Å². The third-order valence-electron chi connectivity index (χ3n) is 1.48. The van der Waals surface area contributed by atoms with Crippen molar-refractivity contribution in [3.8, 4) is 0 Å². The number of benzene rings is 1. The van der Waals surface area contributed by atoms with Crippen LogP contribution in [0.2, 0.25) is 0 Å². The van der Waals surface area contributed by atoms with Gasteiger partial charge < -0.3 is 11.5 Å². The minimum Gasteiger partial charge on any atom is -0.384 e. The second-order valence-electron chi connectivity index (χ2n) is 2.63. The highest BCUT2D eigenvalue weighted by molar-refractivity contribution is 5.48. The zero-order valence-electron chi connectivity index (χ0n) is 7.24. The molecule has 0 bridgehead atoms. The molecular weight excluding hydrogens is 190 g/mol. The Morgan fingerprint density at radius 1 is 1.29 bits per heavy atom. The Kier molecular flexibility index (Phi) is 2.88. The van der Waals surface area contributed by atoms with Gasteiger partial charge in [-0.15, -0.1) is 0 Å². The summed E-state index contributed by atoms with van der Waals surface area (Å²) in [5.74, 6) is 3.84. The Morgan fingerprint density at radius 2 is 1.93 bits per heavy atom. The molecule has 14 heavy (non-hydrogen) atoms. The Morgan fingerprint density at radius 3 is 2.43 bits per heavy atom. The summed E-state index contributed by atoms with van der Waals surface area (Å²) >= 11 is 0. The number of rotatable bonds is 2. The lowest BCUT2D eigenvalue weighted by molar-refractivity contribution is 0.582. The van der Waals surface area contributed by atoms with Crippen LogP contribution < -0.4 is 22.3 Å². The second-order valence-corrected chi connectivity index (χ2v) is 2.63. The molecule has 0 heterocycles. The highest BCUT2D eigenvalue weighted by atomic mass is 19.1. The summed E-state index contributed by atoms with van der Waals surface area (Å²) in [6.45, 7) is 0. The van der Waals surface area contributed by atoms with Gasteiger partial charge in [-0.1, -0.05) is 0 Å². The van der Waals surface area contributed by atoms with Crippen molar-refractivity contribution in [1.29, 1.82) is 0 Å². The van der Waals surface area contributed by atoms with Crippen molar-refractivity contribution in [1.82, 2.24) is 0 Å². The van der Waals surface area contributed by atoms with Crippen LogP contribution in [0.15, 0.2) is 30.2 Å². The number of hydrazine groups is 1. The first-order chi connectivity index (χ1) is 6.50. The van der Waals surface area contributed by atoms with Crippen molar-refractivity contribution in [2.45, 2.75) is 0 Å². The molecule has 0 radical (unpaired) electrons. The molecule has 0 spiro atoms. The van der Waals surface area contributed by atoms with E-state index in [1.165, 1.54) is 6.07 Å². The normalized spacial score (nSPS) is 9.64. The molecule has 0 atom stereocenters. The predicted octanol–water partition coefficient (Wildman–Crippen LogP) is 0.361. The van der Waals surface area contributed by atoms with Crippen molar-refractivity contribution in [2.75, 3.05) is 5.01 Å².